The Morgan fingerprint density at radius 2 is 2.14 bits per heavy atom. The first-order valence-corrected chi connectivity index (χ1v) is 9.84. The highest BCUT2D eigenvalue weighted by Gasteiger charge is 2.30. The molecule has 0 saturated carbocycles. The Balaban J connectivity index is 1.74. The summed E-state index contributed by atoms with van der Waals surface area (Å²) in [4.78, 5) is 36.7. The Labute approximate surface area is 168 Å². The molecule has 28 heavy (non-hydrogen) atoms. The van der Waals surface area contributed by atoms with Crippen LogP contribution in [-0.2, 0) is 27.5 Å². The molecule has 3 rings (SSSR count). The van der Waals surface area contributed by atoms with Crippen LogP contribution in [-0.4, -0.2) is 57.3 Å². The Morgan fingerprint density at radius 1 is 1.36 bits per heavy atom. The van der Waals surface area contributed by atoms with Crippen LogP contribution < -0.4 is 0 Å². The van der Waals surface area contributed by atoms with Gasteiger partial charge in [-0.2, -0.15) is 0 Å². The molecule has 2 aromatic heterocycles. The lowest BCUT2D eigenvalue weighted by atomic mass is 10.2. The lowest BCUT2D eigenvalue weighted by Crippen LogP contribution is -2.39. The van der Waals surface area contributed by atoms with E-state index in [1.165, 1.54) is 4.90 Å². The van der Waals surface area contributed by atoms with E-state index in [0.717, 1.165) is 16.3 Å². The summed E-state index contributed by atoms with van der Waals surface area (Å²) in [7, 11) is 0. The van der Waals surface area contributed by atoms with Crippen LogP contribution >= 0.6 is 11.3 Å². The van der Waals surface area contributed by atoms with Gasteiger partial charge in [-0.3, -0.25) is 14.6 Å². The lowest BCUT2D eigenvalue weighted by Gasteiger charge is -2.24. The summed E-state index contributed by atoms with van der Waals surface area (Å²) >= 11 is 1.55. The van der Waals surface area contributed by atoms with Crippen molar-refractivity contribution in [2.75, 3.05) is 19.6 Å². The smallest absolute Gasteiger partial charge is 0.299 e. The molecule has 7 nitrogen and oxygen atoms in total. The van der Waals surface area contributed by atoms with E-state index in [-0.39, 0.29) is 24.5 Å². The zero-order valence-corrected chi connectivity index (χ0v) is 16.7. The molecule has 2 amide bonds. The van der Waals surface area contributed by atoms with Gasteiger partial charge < -0.3 is 14.5 Å². The second-order valence-electron chi connectivity index (χ2n) is 6.48. The van der Waals surface area contributed by atoms with Gasteiger partial charge in [-0.1, -0.05) is 5.92 Å². The molecule has 1 saturated heterocycles. The van der Waals surface area contributed by atoms with Crippen LogP contribution in [0.3, 0.4) is 0 Å². The number of amides is 2. The summed E-state index contributed by atoms with van der Waals surface area (Å²) in [5, 5.41) is 2.91. The highest BCUT2D eigenvalue weighted by atomic mass is 32.1. The number of ether oxygens (including phenoxy) is 1. The van der Waals surface area contributed by atoms with Crippen LogP contribution in [0.25, 0.3) is 0 Å². The zero-order chi connectivity index (χ0) is 19.9. The van der Waals surface area contributed by atoms with Gasteiger partial charge in [-0.05, 0) is 37.5 Å². The van der Waals surface area contributed by atoms with Crippen LogP contribution in [0.5, 0.6) is 0 Å². The van der Waals surface area contributed by atoms with Gasteiger partial charge in [-0.15, -0.1) is 11.3 Å². The number of hydrogen-bond donors (Lipinski definition) is 0. The molecule has 0 radical (unpaired) electrons. The molecule has 0 bridgehead atoms. The maximum Gasteiger partial charge on any atom is 0.299 e. The second kappa shape index (κ2) is 9.44. The van der Waals surface area contributed by atoms with Crippen LogP contribution in [0, 0.1) is 18.8 Å². The van der Waals surface area contributed by atoms with Crippen LogP contribution in [0.15, 0.2) is 29.9 Å². The van der Waals surface area contributed by atoms with Gasteiger partial charge in [0.05, 0.1) is 36.5 Å². The summed E-state index contributed by atoms with van der Waals surface area (Å²) in [5.41, 5.74) is 1.83. The van der Waals surface area contributed by atoms with Gasteiger partial charge in [0.15, 0.2) is 0 Å². The third kappa shape index (κ3) is 5.38. The van der Waals surface area contributed by atoms with Crippen molar-refractivity contribution >= 4 is 23.2 Å². The van der Waals surface area contributed by atoms with Crippen LogP contribution in [0.4, 0.5) is 0 Å². The van der Waals surface area contributed by atoms with Crippen molar-refractivity contribution in [3.8, 4) is 11.8 Å². The fourth-order valence-electron chi connectivity index (χ4n) is 2.95. The maximum absolute atomic E-state index is 12.8. The first-order valence-electron chi connectivity index (χ1n) is 8.96. The van der Waals surface area contributed by atoms with Crippen molar-refractivity contribution in [2.24, 2.45) is 0 Å². The van der Waals surface area contributed by atoms with Gasteiger partial charge in [0.25, 0.3) is 5.91 Å². The number of pyridine rings is 1. The number of rotatable bonds is 5. The number of aromatic nitrogens is 2. The Hall–Kier alpha value is -2.76. The summed E-state index contributed by atoms with van der Waals surface area (Å²) in [6.07, 6.45) is 3.10. The van der Waals surface area contributed by atoms with Gasteiger partial charge in [0.1, 0.15) is 6.54 Å². The average molecular weight is 398 g/mol. The molecule has 1 unspecified atom stereocenters. The van der Waals surface area contributed by atoms with Gasteiger partial charge in [0, 0.05) is 24.3 Å². The van der Waals surface area contributed by atoms with Gasteiger partial charge >= 0.3 is 0 Å². The molecule has 0 aromatic carbocycles. The van der Waals surface area contributed by atoms with Gasteiger partial charge in [-0.25, -0.2) is 4.98 Å². The molecule has 3 heterocycles. The fraction of sp³-hybridized carbons (Fsp3) is 0.400. The normalized spacial score (nSPS) is 17.1. The monoisotopic (exact) mass is 398 g/mol. The largest absolute Gasteiger partial charge is 0.370 e. The summed E-state index contributed by atoms with van der Waals surface area (Å²) in [5.74, 6) is 4.63. The molecule has 0 spiro atoms. The van der Waals surface area contributed by atoms with Crippen molar-refractivity contribution < 1.29 is 14.3 Å². The standard InChI is InChI=1S/C20H22N4O3S/c1-3-4-19(25)24-11-18(27-13-16-5-7-21-8-6-16)10-23(20(26)12-24)9-17-14-28-15(2)22-17/h5-8,14,18H,9-13H2,1-2H3. The molecule has 1 aliphatic rings. The minimum Gasteiger partial charge on any atom is -0.370 e. The van der Waals surface area contributed by atoms with Crippen molar-refractivity contribution in [3.63, 3.8) is 0 Å². The quantitative estimate of drug-likeness (QED) is 0.716. The molecule has 146 valence electrons. The Bertz CT molecular complexity index is 888. The van der Waals surface area contributed by atoms with E-state index in [4.69, 9.17) is 4.74 Å². The molecule has 0 aliphatic carbocycles. The maximum atomic E-state index is 12.8. The second-order valence-corrected chi connectivity index (χ2v) is 7.54. The van der Waals surface area contributed by atoms with Crippen LogP contribution in [0.1, 0.15) is 23.2 Å². The molecule has 1 fully saturated rings. The predicted molar refractivity (Wildman–Crippen MR) is 105 cm³/mol. The third-order valence-corrected chi connectivity index (χ3v) is 5.12. The number of aryl methyl sites for hydroxylation is 1. The summed E-state index contributed by atoms with van der Waals surface area (Å²) < 4.78 is 6.05. The average Bonchev–Trinajstić information content (AvgIpc) is 3.02. The summed E-state index contributed by atoms with van der Waals surface area (Å²) in [6.45, 7) is 5.02. The van der Waals surface area contributed by atoms with E-state index in [9.17, 15) is 9.59 Å². The van der Waals surface area contributed by atoms with Crippen molar-refractivity contribution in [2.45, 2.75) is 33.1 Å². The van der Waals surface area contributed by atoms with E-state index in [1.54, 1.807) is 35.6 Å². The highest BCUT2D eigenvalue weighted by molar-refractivity contribution is 7.09. The first-order chi connectivity index (χ1) is 13.5. The third-order valence-electron chi connectivity index (χ3n) is 4.30. The predicted octanol–water partition coefficient (Wildman–Crippen LogP) is 1.63. The number of carbonyl (C=O) groups excluding carboxylic acids is 2. The molecular weight excluding hydrogens is 376 g/mol. The highest BCUT2D eigenvalue weighted by Crippen LogP contribution is 2.16. The van der Waals surface area contributed by atoms with E-state index >= 15 is 0 Å². The molecule has 1 atom stereocenters. The topological polar surface area (TPSA) is 75.6 Å². The summed E-state index contributed by atoms with van der Waals surface area (Å²) in [6, 6.07) is 3.76. The minimum absolute atomic E-state index is 0.00818. The van der Waals surface area contributed by atoms with E-state index < -0.39 is 0 Å². The Kier molecular flexibility index (Phi) is 6.74. The minimum atomic E-state index is -0.361. The van der Waals surface area contributed by atoms with E-state index in [1.807, 2.05) is 24.4 Å². The SMILES string of the molecule is CC#CC(=O)N1CC(=O)N(Cc2csc(C)n2)CC(OCc2ccncc2)C1. The molecule has 8 heteroatoms. The first kappa shape index (κ1) is 20.0. The fourth-order valence-corrected chi connectivity index (χ4v) is 3.55. The number of thiazole rings is 1. The van der Waals surface area contributed by atoms with Crippen molar-refractivity contribution in [1.82, 2.24) is 19.8 Å². The lowest BCUT2D eigenvalue weighted by molar-refractivity contribution is -0.136. The van der Waals surface area contributed by atoms with E-state index in [0.29, 0.717) is 26.2 Å². The van der Waals surface area contributed by atoms with Crippen molar-refractivity contribution in [3.05, 3.63) is 46.2 Å². The van der Waals surface area contributed by atoms with Crippen molar-refractivity contribution in [1.29, 1.82) is 0 Å². The van der Waals surface area contributed by atoms with Gasteiger partial charge in [0.2, 0.25) is 5.91 Å². The molecule has 0 N–H and O–H groups in total. The Morgan fingerprint density at radius 3 is 2.82 bits per heavy atom. The zero-order valence-electron chi connectivity index (χ0n) is 15.9. The number of hydrogen-bond acceptors (Lipinski definition) is 6. The number of carbonyl (C=O) groups is 2. The molecule has 1 aliphatic heterocycles. The van der Waals surface area contributed by atoms with Crippen LogP contribution in [0.2, 0.25) is 0 Å². The number of nitrogens with zero attached hydrogens (tertiary/aromatic N) is 4. The molecule has 2 aromatic rings. The van der Waals surface area contributed by atoms with E-state index in [2.05, 4.69) is 21.8 Å². The molecular formula is C20H22N4O3S.